The molecule has 1 saturated heterocycles. The minimum Gasteiger partial charge on any atom is -0.459 e. The summed E-state index contributed by atoms with van der Waals surface area (Å²) in [6, 6.07) is 13.8. The van der Waals surface area contributed by atoms with Gasteiger partial charge in [0, 0.05) is 24.1 Å². The number of sulfonamides is 1. The van der Waals surface area contributed by atoms with E-state index in [4.69, 9.17) is 21.3 Å². The highest BCUT2D eigenvalue weighted by Gasteiger charge is 2.63. The van der Waals surface area contributed by atoms with Gasteiger partial charge >= 0.3 is 0 Å². The molecule has 3 N–H and O–H groups in total. The summed E-state index contributed by atoms with van der Waals surface area (Å²) < 4.78 is 36.1. The van der Waals surface area contributed by atoms with Crippen LogP contribution >= 0.6 is 11.6 Å². The number of anilines is 1. The Labute approximate surface area is 309 Å². The third kappa shape index (κ3) is 7.01. The maximum Gasteiger partial charge on any atom is 0.297 e. The first-order chi connectivity index (χ1) is 24.8. The van der Waals surface area contributed by atoms with Gasteiger partial charge in [0.15, 0.2) is 0 Å². The maximum atomic E-state index is 14.6. The van der Waals surface area contributed by atoms with Crippen LogP contribution in [0.5, 0.6) is 6.01 Å². The van der Waals surface area contributed by atoms with Crippen LogP contribution in [0.25, 0.3) is 11.0 Å². The van der Waals surface area contributed by atoms with Gasteiger partial charge in [-0.05, 0) is 83.6 Å². The number of allylic oxidation sites excluding steroid dienone is 1. The molecule has 52 heavy (non-hydrogen) atoms. The molecular weight excluding hydrogens is 704 g/mol. The van der Waals surface area contributed by atoms with Crippen LogP contribution in [-0.2, 0) is 24.4 Å². The van der Waals surface area contributed by atoms with Gasteiger partial charge in [0.2, 0.25) is 21.8 Å². The van der Waals surface area contributed by atoms with E-state index in [1.165, 1.54) is 0 Å². The Balaban J connectivity index is 1.21. The van der Waals surface area contributed by atoms with Gasteiger partial charge in [0.1, 0.15) is 29.2 Å². The van der Waals surface area contributed by atoms with E-state index in [1.807, 2.05) is 73.0 Å². The van der Waals surface area contributed by atoms with Crippen LogP contribution in [-0.4, -0.2) is 75.6 Å². The van der Waals surface area contributed by atoms with Crippen LogP contribution < -0.4 is 20.1 Å². The van der Waals surface area contributed by atoms with Crippen molar-refractivity contribution in [3.8, 4) is 6.01 Å². The third-order valence-electron chi connectivity index (χ3n) is 11.0. The zero-order valence-electron chi connectivity index (χ0n) is 29.8. The van der Waals surface area contributed by atoms with Crippen LogP contribution in [0, 0.1) is 5.92 Å². The first-order valence-electron chi connectivity index (χ1n) is 18.3. The van der Waals surface area contributed by atoms with Gasteiger partial charge in [-0.1, -0.05) is 60.9 Å². The lowest BCUT2D eigenvalue weighted by Crippen LogP contribution is -2.58. The lowest BCUT2D eigenvalue weighted by molar-refractivity contribution is -0.140. The number of amides is 3. The molecule has 3 fully saturated rings. The second-order valence-electron chi connectivity index (χ2n) is 15.2. The fourth-order valence-corrected chi connectivity index (χ4v) is 9.00. The summed E-state index contributed by atoms with van der Waals surface area (Å²) in [6.07, 6.45) is 8.52. The molecule has 3 heterocycles. The highest BCUT2D eigenvalue weighted by atomic mass is 35.5. The van der Waals surface area contributed by atoms with Crippen LogP contribution in [0.1, 0.15) is 84.6 Å². The average molecular weight is 751 g/mol. The van der Waals surface area contributed by atoms with Crippen molar-refractivity contribution in [3.63, 3.8) is 0 Å². The SMILES string of the molecule is CC(C)n1c(O[C@@H]2C[C@H]3C(=O)N[C@]4(C(=O)NS(=O)(=O)C5(C)CC5)C[C@H]4C=CCCCCC[C@H](Nc4ccccc4)C(=O)N3C2)nc2c(Cl)cccc21. The molecule has 2 saturated carbocycles. The first kappa shape index (κ1) is 36.3. The molecule has 12 nitrogen and oxygen atoms in total. The van der Waals surface area contributed by atoms with Gasteiger partial charge < -0.3 is 20.3 Å². The number of nitrogens with one attached hydrogen (secondary N) is 3. The maximum absolute atomic E-state index is 14.6. The predicted molar refractivity (Wildman–Crippen MR) is 199 cm³/mol. The van der Waals surface area contributed by atoms with E-state index >= 15 is 0 Å². The van der Waals surface area contributed by atoms with Crippen molar-refractivity contribution in [1.82, 2.24) is 24.5 Å². The van der Waals surface area contributed by atoms with E-state index in [1.54, 1.807) is 17.9 Å². The van der Waals surface area contributed by atoms with Gasteiger partial charge in [-0.15, -0.1) is 0 Å². The zero-order valence-corrected chi connectivity index (χ0v) is 31.4. The number of nitrogens with zero attached hydrogens (tertiary/aromatic N) is 3. The Hall–Kier alpha value is -4.10. The smallest absolute Gasteiger partial charge is 0.297 e. The second kappa shape index (κ2) is 14.0. The molecular formula is C38H47ClN6O6S. The Morgan fingerprint density at radius 3 is 2.58 bits per heavy atom. The molecule has 0 bridgehead atoms. The highest BCUT2D eigenvalue weighted by Crippen LogP contribution is 2.47. The minimum absolute atomic E-state index is 0.0258. The largest absolute Gasteiger partial charge is 0.459 e. The Kier molecular flexibility index (Phi) is 9.79. The zero-order chi connectivity index (χ0) is 36.8. The van der Waals surface area contributed by atoms with E-state index < -0.39 is 50.3 Å². The highest BCUT2D eigenvalue weighted by molar-refractivity contribution is 7.91. The molecule has 14 heteroatoms. The Morgan fingerprint density at radius 2 is 1.85 bits per heavy atom. The number of aromatic nitrogens is 2. The molecule has 278 valence electrons. The molecule has 2 aliphatic carbocycles. The number of hydrogen-bond donors (Lipinski definition) is 3. The minimum atomic E-state index is -3.95. The van der Waals surface area contributed by atoms with Crippen molar-refractivity contribution in [2.45, 2.75) is 113 Å². The topological polar surface area (TPSA) is 152 Å². The fourth-order valence-electron chi connectivity index (χ4n) is 7.47. The van der Waals surface area contributed by atoms with Crippen LogP contribution in [0.15, 0.2) is 60.7 Å². The number of ether oxygens (including phenoxy) is 1. The quantitative estimate of drug-likeness (QED) is 0.256. The molecule has 2 aliphatic heterocycles. The van der Waals surface area contributed by atoms with Crippen molar-refractivity contribution < 1.29 is 27.5 Å². The van der Waals surface area contributed by atoms with Crippen LogP contribution in [0.2, 0.25) is 5.02 Å². The summed E-state index contributed by atoms with van der Waals surface area (Å²) in [4.78, 5) is 49.2. The molecule has 3 amide bonds. The van der Waals surface area contributed by atoms with Crippen molar-refractivity contribution in [2.24, 2.45) is 5.92 Å². The molecule has 5 atom stereocenters. The van der Waals surface area contributed by atoms with Gasteiger partial charge in [0.05, 0.1) is 21.8 Å². The number of halogens is 1. The van der Waals surface area contributed by atoms with Crippen molar-refractivity contribution in [2.75, 3.05) is 11.9 Å². The number of rotatable bonds is 8. The molecule has 1 aromatic heterocycles. The molecule has 3 aromatic rings. The summed E-state index contributed by atoms with van der Waals surface area (Å²) in [6.45, 7) is 5.75. The Bertz CT molecular complexity index is 2000. The summed E-state index contributed by atoms with van der Waals surface area (Å²) in [5, 5.41) is 6.85. The van der Waals surface area contributed by atoms with Gasteiger partial charge in [0.25, 0.3) is 11.9 Å². The molecule has 0 unspecified atom stereocenters. The summed E-state index contributed by atoms with van der Waals surface area (Å²) in [7, 11) is -3.95. The van der Waals surface area contributed by atoms with Gasteiger partial charge in [-0.2, -0.15) is 4.98 Å². The van der Waals surface area contributed by atoms with Gasteiger partial charge in [-0.25, -0.2) is 8.42 Å². The summed E-state index contributed by atoms with van der Waals surface area (Å²) in [5.41, 5.74) is 0.739. The van der Waals surface area contributed by atoms with Crippen LogP contribution in [0.3, 0.4) is 0 Å². The number of carbonyl (C=O) groups excluding carboxylic acids is 3. The van der Waals surface area contributed by atoms with E-state index in [2.05, 4.69) is 15.4 Å². The van der Waals surface area contributed by atoms with Crippen molar-refractivity contribution in [1.29, 1.82) is 0 Å². The molecule has 0 spiro atoms. The standard InChI is InChI=1S/C38H47ClN6O6S/c1-24(2)45-30-18-12-16-28(39)32(30)41-36(45)51-27-21-31-33(46)42-38(35(48)43-52(49,50)37(3)19-20-37)22-25(38)13-8-5-4-6-11-17-29(34(47)44(31)23-27)40-26-14-9-7-10-15-26/h7-10,12-16,18,24-25,27,29,31,40H,4-6,11,17,19-23H2,1-3H3,(H,42,46)(H,43,48)/t25-,27-,29+,31+,38-/m1/s1. The number of hydrogen-bond acceptors (Lipinski definition) is 8. The second-order valence-corrected chi connectivity index (χ2v) is 17.8. The third-order valence-corrected chi connectivity index (χ3v) is 13.5. The Morgan fingerprint density at radius 1 is 1.08 bits per heavy atom. The number of imidazole rings is 1. The lowest BCUT2D eigenvalue weighted by Gasteiger charge is -2.30. The summed E-state index contributed by atoms with van der Waals surface area (Å²) in [5.74, 6) is -1.92. The van der Waals surface area contributed by atoms with E-state index in [0.717, 1.165) is 36.9 Å². The number of para-hydroxylation sites is 2. The average Bonchev–Trinajstić information content (AvgIpc) is 3.92. The lowest BCUT2D eigenvalue weighted by atomic mass is 10.0. The van der Waals surface area contributed by atoms with Crippen molar-refractivity contribution in [3.05, 3.63) is 65.7 Å². The number of carbonyl (C=O) groups is 3. The first-order valence-corrected chi connectivity index (χ1v) is 20.2. The monoisotopic (exact) mass is 750 g/mol. The normalized spacial score (nSPS) is 27.6. The predicted octanol–water partition coefficient (Wildman–Crippen LogP) is 5.49. The van der Waals surface area contributed by atoms with Gasteiger partial charge in [-0.3, -0.25) is 23.7 Å². The molecule has 4 aliphatic rings. The van der Waals surface area contributed by atoms with Crippen LogP contribution in [0.4, 0.5) is 5.69 Å². The van der Waals surface area contributed by atoms with E-state index in [0.29, 0.717) is 35.8 Å². The van der Waals surface area contributed by atoms with Crippen molar-refractivity contribution >= 4 is 56.1 Å². The number of benzene rings is 2. The fraction of sp³-hybridized carbons (Fsp3) is 0.526. The summed E-state index contributed by atoms with van der Waals surface area (Å²) >= 11 is 6.52. The number of fused-ring (bicyclic) bond motifs is 3. The molecule has 0 radical (unpaired) electrons. The molecule has 7 rings (SSSR count). The van der Waals surface area contributed by atoms with E-state index in [-0.39, 0.29) is 37.3 Å². The molecule has 2 aromatic carbocycles. The van der Waals surface area contributed by atoms with E-state index in [9.17, 15) is 22.8 Å².